The Bertz CT molecular complexity index is 1140. The van der Waals surface area contributed by atoms with Gasteiger partial charge in [-0.25, -0.2) is 14.8 Å². The van der Waals surface area contributed by atoms with Crippen molar-refractivity contribution in [3.05, 3.63) is 46.8 Å². The number of ether oxygens (including phenoxy) is 1. The average Bonchev–Trinajstić information content (AvgIpc) is 3.23. The molecule has 3 heterocycles. The number of hydrogen-bond acceptors (Lipinski definition) is 7. The smallest absolute Gasteiger partial charge is 0.490 e. The summed E-state index contributed by atoms with van der Waals surface area (Å²) < 4.78 is 37.6. The highest BCUT2D eigenvalue weighted by Gasteiger charge is 2.46. The van der Waals surface area contributed by atoms with Crippen molar-refractivity contribution in [2.45, 2.75) is 44.4 Å². The molecule has 1 amide bonds. The number of aliphatic carboxylic acids is 1. The number of fused-ring (bicyclic) bond motifs is 2. The maximum absolute atomic E-state index is 13.2. The highest BCUT2D eigenvalue weighted by Crippen LogP contribution is 2.40. The van der Waals surface area contributed by atoms with E-state index >= 15 is 0 Å². The van der Waals surface area contributed by atoms with Gasteiger partial charge in [-0.3, -0.25) is 4.79 Å². The zero-order chi connectivity index (χ0) is 26.8. The first-order valence-corrected chi connectivity index (χ1v) is 11.3. The summed E-state index contributed by atoms with van der Waals surface area (Å²) in [5, 5.41) is 17.8. The van der Waals surface area contributed by atoms with Crippen molar-refractivity contribution in [1.82, 2.24) is 14.9 Å². The number of anilines is 1. The predicted octanol–water partition coefficient (Wildman–Crippen LogP) is 3.32. The number of aromatic hydroxyl groups is 1. The van der Waals surface area contributed by atoms with Crippen molar-refractivity contribution < 1.29 is 37.7 Å². The highest BCUT2D eigenvalue weighted by molar-refractivity contribution is 5.97. The fourth-order valence-corrected chi connectivity index (χ4v) is 4.33. The van der Waals surface area contributed by atoms with E-state index in [1.54, 1.807) is 6.07 Å². The van der Waals surface area contributed by atoms with Crippen molar-refractivity contribution in [2.75, 3.05) is 38.7 Å². The molecule has 0 saturated carbocycles. The Labute approximate surface area is 206 Å². The zero-order valence-electron chi connectivity index (χ0n) is 20.5. The molecular weight excluding hydrogens is 481 g/mol. The third kappa shape index (κ3) is 5.53. The van der Waals surface area contributed by atoms with Crippen LogP contribution in [0.3, 0.4) is 0 Å². The normalized spacial score (nSPS) is 19.1. The van der Waals surface area contributed by atoms with Crippen LogP contribution in [0.4, 0.5) is 19.1 Å². The lowest BCUT2D eigenvalue weighted by atomic mass is 9.80. The number of phenols is 1. The summed E-state index contributed by atoms with van der Waals surface area (Å²) in [5.41, 5.74) is 2.79. The second-order valence-corrected chi connectivity index (χ2v) is 9.39. The largest absolute Gasteiger partial charge is 0.507 e. The van der Waals surface area contributed by atoms with Crippen LogP contribution in [0.1, 0.15) is 53.4 Å². The molecule has 0 radical (unpaired) electrons. The third-order valence-electron chi connectivity index (χ3n) is 6.19. The molecule has 1 spiro atoms. The quantitative estimate of drug-likeness (QED) is 0.646. The fourth-order valence-electron chi connectivity index (χ4n) is 4.33. The Morgan fingerprint density at radius 1 is 1.25 bits per heavy atom. The molecule has 2 aliphatic heterocycles. The summed E-state index contributed by atoms with van der Waals surface area (Å²) in [6, 6.07) is 5.41. The lowest BCUT2D eigenvalue weighted by Gasteiger charge is -2.34. The molecule has 0 bridgehead atoms. The van der Waals surface area contributed by atoms with Gasteiger partial charge in [0.2, 0.25) is 5.95 Å². The minimum absolute atomic E-state index is 0.0889. The molecule has 1 unspecified atom stereocenters. The summed E-state index contributed by atoms with van der Waals surface area (Å²) in [4.78, 5) is 35.1. The van der Waals surface area contributed by atoms with Crippen LogP contribution < -0.4 is 4.90 Å². The molecule has 0 aliphatic carbocycles. The molecule has 2 aromatic rings. The molecule has 196 valence electrons. The van der Waals surface area contributed by atoms with Crippen molar-refractivity contribution in [2.24, 2.45) is 0 Å². The number of carboxylic acid groups (broad SMARTS) is 1. The van der Waals surface area contributed by atoms with Crippen LogP contribution in [0, 0.1) is 0 Å². The van der Waals surface area contributed by atoms with Crippen molar-refractivity contribution >= 4 is 17.8 Å². The Balaban J connectivity index is 0.000000454. The van der Waals surface area contributed by atoms with E-state index in [4.69, 9.17) is 19.6 Å². The van der Waals surface area contributed by atoms with Gasteiger partial charge in [0.05, 0.1) is 29.9 Å². The second kappa shape index (κ2) is 10.3. The molecule has 1 aromatic carbocycles. The molecule has 4 rings (SSSR count). The van der Waals surface area contributed by atoms with Gasteiger partial charge in [0.1, 0.15) is 5.75 Å². The number of nitrogens with zero attached hydrogens (tertiary/aromatic N) is 4. The number of hydrogen-bond donors (Lipinski definition) is 2. The standard InChI is InChI=1S/C22H28N4O3.C2HF3O2/c1-14(2)16-6-5-7-17(18(16)27)20(28)26-9-8-22(12-26)13-29-11-15-10-23-21(25(3)4)24-19(15)22;3-2(4,5)1(6)7/h5-7,10,14,27H,8-9,11-13H2,1-4H3;(H,6,7). The topological polar surface area (TPSA) is 116 Å². The summed E-state index contributed by atoms with van der Waals surface area (Å²) in [6.45, 7) is 6.17. The highest BCUT2D eigenvalue weighted by atomic mass is 19.4. The number of phenolic OH excluding ortho intramolecular Hbond substituents is 1. The van der Waals surface area contributed by atoms with Gasteiger partial charge in [-0.05, 0) is 24.0 Å². The first kappa shape index (κ1) is 27.2. The lowest BCUT2D eigenvalue weighted by molar-refractivity contribution is -0.192. The van der Waals surface area contributed by atoms with Crippen LogP contribution in [0.5, 0.6) is 5.75 Å². The van der Waals surface area contributed by atoms with Crippen LogP contribution in [0.2, 0.25) is 0 Å². The van der Waals surface area contributed by atoms with E-state index in [1.165, 1.54) is 0 Å². The first-order valence-electron chi connectivity index (χ1n) is 11.3. The number of alkyl halides is 3. The number of benzene rings is 1. The number of carboxylic acids is 1. The number of rotatable bonds is 3. The Morgan fingerprint density at radius 3 is 2.50 bits per heavy atom. The van der Waals surface area contributed by atoms with Gasteiger partial charge < -0.3 is 24.7 Å². The molecule has 2 aliphatic rings. The fraction of sp³-hybridized carbons (Fsp3) is 0.500. The van der Waals surface area contributed by atoms with Crippen LogP contribution >= 0.6 is 0 Å². The number of carbonyl (C=O) groups is 2. The van der Waals surface area contributed by atoms with Crippen molar-refractivity contribution in [3.63, 3.8) is 0 Å². The van der Waals surface area contributed by atoms with Crippen LogP contribution in [0.25, 0.3) is 0 Å². The summed E-state index contributed by atoms with van der Waals surface area (Å²) >= 11 is 0. The minimum Gasteiger partial charge on any atom is -0.507 e. The van der Waals surface area contributed by atoms with Gasteiger partial charge >= 0.3 is 12.1 Å². The second-order valence-electron chi connectivity index (χ2n) is 9.39. The number of aromatic nitrogens is 2. The van der Waals surface area contributed by atoms with E-state index in [-0.39, 0.29) is 23.0 Å². The average molecular weight is 511 g/mol. The van der Waals surface area contributed by atoms with Gasteiger partial charge in [-0.15, -0.1) is 0 Å². The Morgan fingerprint density at radius 2 is 1.92 bits per heavy atom. The van der Waals surface area contributed by atoms with Gasteiger partial charge in [0.25, 0.3) is 5.91 Å². The zero-order valence-corrected chi connectivity index (χ0v) is 20.5. The van der Waals surface area contributed by atoms with E-state index in [9.17, 15) is 23.1 Å². The van der Waals surface area contributed by atoms with E-state index in [1.807, 2.05) is 56.1 Å². The van der Waals surface area contributed by atoms with Gasteiger partial charge in [0.15, 0.2) is 0 Å². The minimum atomic E-state index is -5.08. The maximum atomic E-state index is 13.2. The van der Waals surface area contributed by atoms with Crippen LogP contribution in [-0.2, 0) is 21.6 Å². The molecule has 1 saturated heterocycles. The number of carbonyl (C=O) groups excluding carboxylic acids is 1. The number of halogens is 3. The molecule has 12 heteroatoms. The summed E-state index contributed by atoms with van der Waals surface area (Å²) in [7, 11) is 3.84. The maximum Gasteiger partial charge on any atom is 0.490 e. The van der Waals surface area contributed by atoms with Crippen molar-refractivity contribution in [3.8, 4) is 5.75 Å². The van der Waals surface area contributed by atoms with Gasteiger partial charge in [-0.1, -0.05) is 26.0 Å². The molecule has 36 heavy (non-hydrogen) atoms. The van der Waals surface area contributed by atoms with E-state index < -0.39 is 12.1 Å². The van der Waals surface area contributed by atoms with Gasteiger partial charge in [-0.2, -0.15) is 13.2 Å². The molecule has 2 N–H and O–H groups in total. The molecule has 1 aromatic heterocycles. The van der Waals surface area contributed by atoms with E-state index in [2.05, 4.69) is 4.98 Å². The van der Waals surface area contributed by atoms with Gasteiger partial charge in [0, 0.05) is 38.9 Å². The SMILES string of the molecule is CC(C)c1cccc(C(=O)N2CCC3(COCc4cnc(N(C)C)nc43)C2)c1O.O=C(O)C(F)(F)F. The van der Waals surface area contributed by atoms with E-state index in [0.29, 0.717) is 37.8 Å². The van der Waals surface area contributed by atoms with E-state index in [0.717, 1.165) is 23.2 Å². The number of para-hydroxylation sites is 1. The summed E-state index contributed by atoms with van der Waals surface area (Å²) in [5.74, 6) is -2.00. The Kier molecular flexibility index (Phi) is 7.77. The molecular formula is C24H29F3N4O5. The molecule has 1 fully saturated rings. The lowest BCUT2D eigenvalue weighted by Crippen LogP contribution is -2.42. The molecule has 9 nitrogen and oxygen atoms in total. The van der Waals surface area contributed by atoms with Crippen molar-refractivity contribution in [1.29, 1.82) is 0 Å². The van der Waals surface area contributed by atoms with Crippen LogP contribution in [0.15, 0.2) is 24.4 Å². The predicted molar refractivity (Wildman–Crippen MR) is 124 cm³/mol. The first-order chi connectivity index (χ1) is 16.8. The summed E-state index contributed by atoms with van der Waals surface area (Å²) in [6.07, 6.45) is -2.47. The van der Waals surface area contributed by atoms with Crippen LogP contribution in [-0.4, -0.2) is 76.9 Å². The third-order valence-corrected chi connectivity index (χ3v) is 6.19. The molecule has 1 atom stereocenters. The number of likely N-dealkylation sites (tertiary alicyclic amines) is 1. The number of amides is 1. The monoisotopic (exact) mass is 510 g/mol. The Hall–Kier alpha value is -3.41.